The molecule has 0 aromatic rings. The number of aliphatic hydroxyl groups excluding tert-OH is 2. The molecule has 0 aliphatic heterocycles. The Hall–Kier alpha value is -2.18. The maximum atomic E-state index is 12.4. The predicted octanol–water partition coefficient (Wildman–Crippen LogP) is 17.4. The van der Waals surface area contributed by atoms with E-state index in [1.54, 1.807) is 6.08 Å². The van der Waals surface area contributed by atoms with Crippen molar-refractivity contribution in [2.24, 2.45) is 0 Å². The molecular formula is C59H109NO5. The van der Waals surface area contributed by atoms with Crippen LogP contribution < -0.4 is 5.32 Å². The van der Waals surface area contributed by atoms with Crippen molar-refractivity contribution < 1.29 is 24.5 Å². The number of ether oxygens (including phenoxy) is 1. The van der Waals surface area contributed by atoms with Crippen molar-refractivity contribution in [3.8, 4) is 0 Å². The molecule has 1 amide bonds. The molecule has 0 bridgehead atoms. The molecule has 0 rings (SSSR count). The summed E-state index contributed by atoms with van der Waals surface area (Å²) in [6, 6.07) is -0.630. The van der Waals surface area contributed by atoms with Crippen LogP contribution in [0.5, 0.6) is 0 Å². The summed E-state index contributed by atoms with van der Waals surface area (Å²) >= 11 is 0. The normalized spacial score (nSPS) is 13.0. The van der Waals surface area contributed by atoms with E-state index in [0.717, 1.165) is 51.4 Å². The smallest absolute Gasteiger partial charge is 0.305 e. The second-order valence-corrected chi connectivity index (χ2v) is 19.3. The molecule has 0 fully saturated rings. The fourth-order valence-electron chi connectivity index (χ4n) is 8.41. The number of amides is 1. The van der Waals surface area contributed by atoms with Crippen LogP contribution in [0.3, 0.4) is 0 Å². The molecule has 0 heterocycles. The van der Waals surface area contributed by atoms with E-state index in [1.807, 2.05) is 6.08 Å². The number of aliphatic hydroxyl groups is 2. The zero-order chi connectivity index (χ0) is 47.2. The van der Waals surface area contributed by atoms with Gasteiger partial charge in [0.25, 0.3) is 0 Å². The first-order valence-electron chi connectivity index (χ1n) is 28.4. The molecule has 0 saturated carbocycles. The monoisotopic (exact) mass is 912 g/mol. The van der Waals surface area contributed by atoms with Crippen molar-refractivity contribution in [2.45, 2.75) is 302 Å². The lowest BCUT2D eigenvalue weighted by Gasteiger charge is -2.20. The van der Waals surface area contributed by atoms with Gasteiger partial charge in [0.2, 0.25) is 5.91 Å². The van der Waals surface area contributed by atoms with E-state index >= 15 is 0 Å². The Balaban J connectivity index is 3.41. The molecule has 2 unspecified atom stereocenters. The fraction of sp³-hybridized carbons (Fsp3) is 0.831. The van der Waals surface area contributed by atoms with Crippen LogP contribution in [-0.4, -0.2) is 47.4 Å². The second kappa shape index (κ2) is 54.4. The predicted molar refractivity (Wildman–Crippen MR) is 282 cm³/mol. The van der Waals surface area contributed by atoms with Crippen LogP contribution in [0.2, 0.25) is 0 Å². The van der Waals surface area contributed by atoms with Gasteiger partial charge in [-0.1, -0.05) is 242 Å². The lowest BCUT2D eigenvalue weighted by atomic mass is 10.0. The lowest BCUT2D eigenvalue weighted by Crippen LogP contribution is -2.45. The summed E-state index contributed by atoms with van der Waals surface area (Å²) in [5.74, 6) is -0.0787. The third kappa shape index (κ3) is 51.1. The quantitative estimate of drug-likeness (QED) is 0.0321. The Morgan fingerprint density at radius 3 is 1.23 bits per heavy atom. The Kier molecular flexibility index (Phi) is 52.6. The number of allylic oxidation sites excluding steroid dienone is 7. The van der Waals surface area contributed by atoms with Gasteiger partial charge < -0.3 is 20.3 Å². The van der Waals surface area contributed by atoms with Gasteiger partial charge in [0.15, 0.2) is 0 Å². The summed E-state index contributed by atoms with van der Waals surface area (Å²) in [5, 5.41) is 23.0. The minimum Gasteiger partial charge on any atom is -0.466 e. The van der Waals surface area contributed by atoms with E-state index in [2.05, 4.69) is 55.6 Å². The summed E-state index contributed by atoms with van der Waals surface area (Å²) in [4.78, 5) is 24.4. The molecule has 0 saturated heterocycles. The van der Waals surface area contributed by atoms with Crippen LogP contribution in [-0.2, 0) is 14.3 Å². The molecule has 0 aliphatic carbocycles. The van der Waals surface area contributed by atoms with Gasteiger partial charge in [-0.3, -0.25) is 9.59 Å². The first-order chi connectivity index (χ1) is 32.0. The van der Waals surface area contributed by atoms with Gasteiger partial charge in [-0.25, -0.2) is 0 Å². The van der Waals surface area contributed by atoms with Crippen molar-refractivity contribution in [3.63, 3.8) is 0 Å². The van der Waals surface area contributed by atoms with E-state index in [-0.39, 0.29) is 18.5 Å². The molecule has 2 atom stereocenters. The number of unbranched alkanes of at least 4 members (excludes halogenated alkanes) is 35. The van der Waals surface area contributed by atoms with Crippen LogP contribution in [0.15, 0.2) is 48.6 Å². The van der Waals surface area contributed by atoms with Crippen molar-refractivity contribution in [1.29, 1.82) is 0 Å². The average molecular weight is 913 g/mol. The first kappa shape index (κ1) is 62.8. The van der Waals surface area contributed by atoms with Crippen molar-refractivity contribution in [1.82, 2.24) is 5.32 Å². The summed E-state index contributed by atoms with van der Waals surface area (Å²) in [6.07, 6.45) is 68.5. The Labute approximate surface area is 404 Å². The standard InChI is InChI=1S/C59H109NO5/c1-3-5-7-9-11-13-15-16-30-33-37-41-45-49-53-59(64)65-54-50-46-42-38-34-31-28-26-24-22-20-18-17-19-21-23-25-27-29-32-36-40-44-48-52-58(63)60-56(55-61)57(62)51-47-43-39-35-14-12-10-8-6-4-2/h9,11,15-16,19,21,47,51,56-57,61-62H,3-8,10,12-14,17-18,20,22-46,48-50,52-55H2,1-2H3,(H,60,63)/b11-9-,16-15-,21-19-,51-47+. The Bertz CT molecular complexity index is 1100. The highest BCUT2D eigenvalue weighted by atomic mass is 16.5. The highest BCUT2D eigenvalue weighted by Crippen LogP contribution is 2.16. The summed E-state index contributed by atoms with van der Waals surface area (Å²) in [5.41, 5.74) is 0. The maximum Gasteiger partial charge on any atom is 0.305 e. The van der Waals surface area contributed by atoms with Crippen LogP contribution >= 0.6 is 0 Å². The summed E-state index contributed by atoms with van der Waals surface area (Å²) in [6.45, 7) is 4.83. The molecule has 6 nitrogen and oxygen atoms in total. The number of esters is 1. The number of carbonyl (C=O) groups excluding carboxylic acids is 2. The molecule has 0 spiro atoms. The minimum absolute atomic E-state index is 0.00341. The number of rotatable bonds is 52. The molecule has 6 heteroatoms. The molecule has 0 aromatic heterocycles. The third-order valence-corrected chi connectivity index (χ3v) is 12.8. The molecule has 0 radical (unpaired) electrons. The lowest BCUT2D eigenvalue weighted by molar-refractivity contribution is -0.143. The molecular weight excluding hydrogens is 803 g/mol. The van der Waals surface area contributed by atoms with Crippen LogP contribution in [0, 0.1) is 0 Å². The van der Waals surface area contributed by atoms with Crippen LogP contribution in [0.1, 0.15) is 290 Å². The molecule has 0 aromatic carbocycles. The Morgan fingerprint density at radius 2 is 0.785 bits per heavy atom. The van der Waals surface area contributed by atoms with Crippen molar-refractivity contribution in [3.05, 3.63) is 48.6 Å². The van der Waals surface area contributed by atoms with Gasteiger partial charge in [-0.05, 0) is 83.5 Å². The SMILES string of the molecule is CCCC/C=C\C/C=C\CCCCCCCC(=O)OCCCCCCCCCCCCCC/C=C\CCCCCCCCCCC(=O)NC(CO)C(O)/C=C/CCCCCCCCCC. The topological polar surface area (TPSA) is 95.9 Å². The van der Waals surface area contributed by atoms with E-state index < -0.39 is 12.1 Å². The largest absolute Gasteiger partial charge is 0.466 e. The molecule has 3 N–H and O–H groups in total. The van der Waals surface area contributed by atoms with Gasteiger partial charge in [0.1, 0.15) is 0 Å². The fourth-order valence-corrected chi connectivity index (χ4v) is 8.41. The van der Waals surface area contributed by atoms with Crippen LogP contribution in [0.25, 0.3) is 0 Å². The highest BCUT2D eigenvalue weighted by molar-refractivity contribution is 5.76. The second-order valence-electron chi connectivity index (χ2n) is 19.3. The number of nitrogens with one attached hydrogen (secondary N) is 1. The van der Waals surface area contributed by atoms with E-state index in [1.165, 1.54) is 212 Å². The van der Waals surface area contributed by atoms with Crippen LogP contribution in [0.4, 0.5) is 0 Å². The first-order valence-corrected chi connectivity index (χ1v) is 28.4. The number of hydrogen-bond donors (Lipinski definition) is 3. The minimum atomic E-state index is -0.846. The average Bonchev–Trinajstić information content (AvgIpc) is 3.31. The van der Waals surface area contributed by atoms with E-state index in [9.17, 15) is 19.8 Å². The molecule has 380 valence electrons. The van der Waals surface area contributed by atoms with Crippen molar-refractivity contribution >= 4 is 11.9 Å². The number of carbonyl (C=O) groups is 2. The molecule has 0 aliphatic rings. The van der Waals surface area contributed by atoms with Gasteiger partial charge in [-0.15, -0.1) is 0 Å². The van der Waals surface area contributed by atoms with Crippen molar-refractivity contribution in [2.75, 3.05) is 13.2 Å². The van der Waals surface area contributed by atoms with Gasteiger partial charge in [-0.2, -0.15) is 0 Å². The van der Waals surface area contributed by atoms with E-state index in [0.29, 0.717) is 19.4 Å². The zero-order valence-electron chi connectivity index (χ0n) is 43.2. The highest BCUT2D eigenvalue weighted by Gasteiger charge is 2.18. The van der Waals surface area contributed by atoms with Gasteiger partial charge in [0, 0.05) is 12.8 Å². The summed E-state index contributed by atoms with van der Waals surface area (Å²) < 4.78 is 5.47. The van der Waals surface area contributed by atoms with Gasteiger partial charge >= 0.3 is 5.97 Å². The summed E-state index contributed by atoms with van der Waals surface area (Å²) in [7, 11) is 0. The number of hydrogen-bond acceptors (Lipinski definition) is 5. The van der Waals surface area contributed by atoms with Gasteiger partial charge in [0.05, 0.1) is 25.4 Å². The molecule has 65 heavy (non-hydrogen) atoms. The third-order valence-electron chi connectivity index (χ3n) is 12.8. The van der Waals surface area contributed by atoms with E-state index in [4.69, 9.17) is 4.74 Å². The zero-order valence-corrected chi connectivity index (χ0v) is 43.2. The Morgan fingerprint density at radius 1 is 0.431 bits per heavy atom. The maximum absolute atomic E-state index is 12.4.